The first-order valence-electron chi connectivity index (χ1n) is 5.33. The topological polar surface area (TPSA) is 48.4 Å². The highest BCUT2D eigenvalue weighted by molar-refractivity contribution is 5.93. The van der Waals surface area contributed by atoms with Crippen LogP contribution in [0.4, 0.5) is 22.0 Å². The van der Waals surface area contributed by atoms with Gasteiger partial charge in [-0.25, -0.2) is 18.6 Å². The molecule has 0 fully saturated rings. The summed E-state index contributed by atoms with van der Waals surface area (Å²) in [4.78, 5) is 14.7. The molecule has 0 aliphatic carbocycles. The summed E-state index contributed by atoms with van der Waals surface area (Å²) < 4.78 is 72.6. The standard InChI is InChI=1S/C11H10F5NO3/c1-3-20-10(18)7-5(11(14,15)16)4-6(8(12)13)17-9(7)19-2/h4,8H,3H2,1-2H3. The van der Waals surface area contributed by atoms with Crippen molar-refractivity contribution in [3.8, 4) is 5.88 Å². The van der Waals surface area contributed by atoms with Gasteiger partial charge < -0.3 is 9.47 Å². The molecular weight excluding hydrogens is 289 g/mol. The molecule has 1 aromatic heterocycles. The van der Waals surface area contributed by atoms with E-state index in [1.54, 1.807) is 0 Å². The van der Waals surface area contributed by atoms with Crippen LogP contribution in [-0.2, 0) is 10.9 Å². The summed E-state index contributed by atoms with van der Waals surface area (Å²) >= 11 is 0. The lowest BCUT2D eigenvalue weighted by Gasteiger charge is -2.16. The molecule has 0 saturated carbocycles. The third-order valence-corrected chi connectivity index (χ3v) is 2.21. The van der Waals surface area contributed by atoms with Crippen molar-refractivity contribution < 1.29 is 36.2 Å². The second kappa shape index (κ2) is 6.02. The Morgan fingerprint density at radius 3 is 2.40 bits per heavy atom. The van der Waals surface area contributed by atoms with Gasteiger partial charge >= 0.3 is 12.1 Å². The zero-order valence-corrected chi connectivity index (χ0v) is 10.4. The van der Waals surface area contributed by atoms with E-state index in [9.17, 15) is 26.7 Å². The van der Waals surface area contributed by atoms with Gasteiger partial charge in [0, 0.05) is 0 Å². The van der Waals surface area contributed by atoms with E-state index in [4.69, 9.17) is 0 Å². The summed E-state index contributed by atoms with van der Waals surface area (Å²) in [5.41, 5.74) is -3.73. The highest BCUT2D eigenvalue weighted by atomic mass is 19.4. The average Bonchev–Trinajstić information content (AvgIpc) is 2.36. The lowest BCUT2D eigenvalue weighted by molar-refractivity contribution is -0.138. The molecule has 1 aromatic rings. The number of carbonyl (C=O) groups excluding carboxylic acids is 1. The number of aromatic nitrogens is 1. The number of esters is 1. The molecule has 0 N–H and O–H groups in total. The SMILES string of the molecule is CCOC(=O)c1c(C(F)(F)F)cc(C(F)F)nc1OC. The van der Waals surface area contributed by atoms with E-state index < -0.39 is 41.3 Å². The summed E-state index contributed by atoms with van der Waals surface area (Å²) in [7, 11) is 0.917. The van der Waals surface area contributed by atoms with E-state index in [1.807, 2.05) is 0 Å². The van der Waals surface area contributed by atoms with Crippen molar-refractivity contribution in [2.45, 2.75) is 19.5 Å². The average molecular weight is 299 g/mol. The fourth-order valence-corrected chi connectivity index (χ4v) is 1.42. The smallest absolute Gasteiger partial charge is 0.417 e. The summed E-state index contributed by atoms with van der Waals surface area (Å²) in [6, 6.07) is 0.111. The Kier molecular flexibility index (Phi) is 4.85. The van der Waals surface area contributed by atoms with E-state index in [1.165, 1.54) is 6.92 Å². The lowest BCUT2D eigenvalue weighted by atomic mass is 10.1. The summed E-state index contributed by atoms with van der Waals surface area (Å²) in [6.45, 7) is 1.20. The first-order chi connectivity index (χ1) is 9.22. The highest BCUT2D eigenvalue weighted by Crippen LogP contribution is 2.37. The molecule has 0 aromatic carbocycles. The molecule has 9 heteroatoms. The third kappa shape index (κ3) is 3.34. The van der Waals surface area contributed by atoms with Crippen LogP contribution in [0.25, 0.3) is 0 Å². The fraction of sp³-hybridized carbons (Fsp3) is 0.455. The molecule has 0 saturated heterocycles. The fourth-order valence-electron chi connectivity index (χ4n) is 1.42. The van der Waals surface area contributed by atoms with Gasteiger partial charge in [-0.2, -0.15) is 13.2 Å². The second-order valence-electron chi connectivity index (χ2n) is 3.50. The van der Waals surface area contributed by atoms with Crippen LogP contribution in [0.2, 0.25) is 0 Å². The summed E-state index contributed by atoms with van der Waals surface area (Å²) in [5, 5.41) is 0. The van der Waals surface area contributed by atoms with Gasteiger partial charge in [0.25, 0.3) is 6.43 Å². The minimum Gasteiger partial charge on any atom is -0.480 e. The molecule has 112 valence electrons. The third-order valence-electron chi connectivity index (χ3n) is 2.21. The van der Waals surface area contributed by atoms with Crippen molar-refractivity contribution in [2.75, 3.05) is 13.7 Å². The first kappa shape index (κ1) is 16.1. The van der Waals surface area contributed by atoms with E-state index in [-0.39, 0.29) is 12.7 Å². The van der Waals surface area contributed by atoms with E-state index >= 15 is 0 Å². The molecule has 0 amide bonds. The normalized spacial score (nSPS) is 11.6. The minimum atomic E-state index is -5.03. The van der Waals surface area contributed by atoms with Crippen molar-refractivity contribution >= 4 is 5.97 Å². The lowest BCUT2D eigenvalue weighted by Crippen LogP contribution is -2.18. The summed E-state index contributed by atoms with van der Waals surface area (Å²) in [6.07, 6.45) is -8.26. The van der Waals surface area contributed by atoms with Gasteiger partial charge in [0.1, 0.15) is 11.3 Å². The quantitative estimate of drug-likeness (QED) is 0.632. The van der Waals surface area contributed by atoms with Crippen LogP contribution in [0.5, 0.6) is 5.88 Å². The van der Waals surface area contributed by atoms with E-state index in [0.29, 0.717) is 0 Å². The van der Waals surface area contributed by atoms with Crippen molar-refractivity contribution in [1.29, 1.82) is 0 Å². The van der Waals surface area contributed by atoms with Gasteiger partial charge in [0.2, 0.25) is 5.88 Å². The predicted octanol–water partition coefficient (Wildman–Crippen LogP) is 3.22. The molecule has 1 heterocycles. The predicted molar refractivity (Wildman–Crippen MR) is 56.7 cm³/mol. The molecular formula is C11H10F5NO3. The number of hydrogen-bond donors (Lipinski definition) is 0. The van der Waals surface area contributed by atoms with Gasteiger partial charge in [-0.3, -0.25) is 0 Å². The van der Waals surface area contributed by atoms with E-state index in [0.717, 1.165) is 7.11 Å². The zero-order chi connectivity index (χ0) is 15.5. The highest BCUT2D eigenvalue weighted by Gasteiger charge is 2.39. The van der Waals surface area contributed by atoms with Crippen LogP contribution in [0.3, 0.4) is 0 Å². The number of methoxy groups -OCH3 is 1. The second-order valence-corrected chi connectivity index (χ2v) is 3.50. The Morgan fingerprint density at radius 1 is 1.40 bits per heavy atom. The van der Waals surface area contributed by atoms with Crippen molar-refractivity contribution in [3.63, 3.8) is 0 Å². The van der Waals surface area contributed by atoms with Crippen LogP contribution >= 0.6 is 0 Å². The number of carbonyl (C=O) groups is 1. The van der Waals surface area contributed by atoms with Crippen LogP contribution in [0.1, 0.15) is 35.0 Å². The van der Waals surface area contributed by atoms with Crippen LogP contribution in [0, 0.1) is 0 Å². The van der Waals surface area contributed by atoms with Gasteiger partial charge in [-0.1, -0.05) is 0 Å². The molecule has 4 nitrogen and oxygen atoms in total. The molecule has 0 atom stereocenters. The Morgan fingerprint density at radius 2 is 2.00 bits per heavy atom. The molecule has 1 rings (SSSR count). The zero-order valence-electron chi connectivity index (χ0n) is 10.4. The molecule has 0 unspecified atom stereocenters. The molecule has 0 bridgehead atoms. The molecule has 0 spiro atoms. The molecule has 0 aliphatic heterocycles. The molecule has 20 heavy (non-hydrogen) atoms. The maximum atomic E-state index is 12.9. The number of halogens is 5. The van der Waals surface area contributed by atoms with Crippen molar-refractivity contribution in [2.24, 2.45) is 0 Å². The Hall–Kier alpha value is -1.93. The monoisotopic (exact) mass is 299 g/mol. The van der Waals surface area contributed by atoms with Crippen LogP contribution in [0.15, 0.2) is 6.07 Å². The van der Waals surface area contributed by atoms with Gasteiger partial charge in [0.15, 0.2) is 0 Å². The van der Waals surface area contributed by atoms with Gasteiger partial charge in [-0.05, 0) is 13.0 Å². The maximum Gasteiger partial charge on any atom is 0.417 e. The van der Waals surface area contributed by atoms with Crippen molar-refractivity contribution in [3.05, 3.63) is 22.9 Å². The Bertz CT molecular complexity index is 502. The summed E-state index contributed by atoms with van der Waals surface area (Å²) in [5.74, 6) is -2.20. The number of pyridine rings is 1. The maximum absolute atomic E-state index is 12.9. The van der Waals surface area contributed by atoms with Crippen LogP contribution < -0.4 is 4.74 Å². The first-order valence-corrected chi connectivity index (χ1v) is 5.33. The van der Waals surface area contributed by atoms with Crippen molar-refractivity contribution in [1.82, 2.24) is 4.98 Å². The number of hydrogen-bond acceptors (Lipinski definition) is 4. The van der Waals surface area contributed by atoms with Crippen LogP contribution in [-0.4, -0.2) is 24.7 Å². The molecule has 0 radical (unpaired) electrons. The minimum absolute atomic E-state index is 0.111. The number of rotatable bonds is 4. The van der Waals surface area contributed by atoms with E-state index in [2.05, 4.69) is 14.5 Å². The number of nitrogens with zero attached hydrogens (tertiary/aromatic N) is 1. The number of alkyl halides is 5. The number of ether oxygens (including phenoxy) is 2. The molecule has 0 aliphatic rings. The largest absolute Gasteiger partial charge is 0.480 e. The van der Waals surface area contributed by atoms with Gasteiger partial charge in [0.05, 0.1) is 19.3 Å². The Labute approximate surface area is 110 Å². The Balaban J connectivity index is 3.57. The van der Waals surface area contributed by atoms with Gasteiger partial charge in [-0.15, -0.1) is 0 Å².